The van der Waals surface area contributed by atoms with E-state index in [1.807, 2.05) is 24.3 Å². The van der Waals surface area contributed by atoms with E-state index in [0.717, 1.165) is 33.7 Å². The number of hydrogen-bond acceptors (Lipinski definition) is 4. The predicted molar refractivity (Wildman–Crippen MR) is 106 cm³/mol. The molecule has 0 radical (unpaired) electrons. The first-order valence-electron chi connectivity index (χ1n) is 8.45. The van der Waals surface area contributed by atoms with Gasteiger partial charge in [-0.1, -0.05) is 12.6 Å². The SMILES string of the molecule is C=CNC1=CC(c2ccc(N)c(CN)c2)=C(c2ccc(F)c(C)c2)NC1. The molecule has 0 unspecified atom stereocenters. The standard InChI is InChI=1S/C21H23FN4/c1-3-25-17-10-18(14-5-7-20(24)16(9-14)11-23)21(26-12-17)15-4-6-19(22)13(2)8-15/h3-10,25-26H,1,11-12,23-24H2,2H3. The lowest BCUT2D eigenvalue weighted by molar-refractivity contribution is 0.618. The largest absolute Gasteiger partial charge is 0.398 e. The minimum absolute atomic E-state index is 0.214. The number of nitrogen functional groups attached to an aromatic ring is 1. The zero-order chi connectivity index (χ0) is 18.7. The Labute approximate surface area is 153 Å². The number of allylic oxidation sites excluding steroid dienone is 2. The molecule has 4 nitrogen and oxygen atoms in total. The molecule has 0 fully saturated rings. The monoisotopic (exact) mass is 350 g/mol. The Hall–Kier alpha value is -3.05. The summed E-state index contributed by atoms with van der Waals surface area (Å²) in [6, 6.07) is 10.9. The fourth-order valence-electron chi connectivity index (χ4n) is 3.04. The van der Waals surface area contributed by atoms with Crippen LogP contribution in [0.1, 0.15) is 22.3 Å². The lowest BCUT2D eigenvalue weighted by atomic mass is 9.93. The molecular formula is C21H23FN4. The van der Waals surface area contributed by atoms with Gasteiger partial charge in [0.15, 0.2) is 0 Å². The molecule has 0 amide bonds. The van der Waals surface area contributed by atoms with Crippen LogP contribution >= 0.6 is 0 Å². The van der Waals surface area contributed by atoms with Crippen LogP contribution in [0.2, 0.25) is 0 Å². The van der Waals surface area contributed by atoms with E-state index < -0.39 is 0 Å². The zero-order valence-electron chi connectivity index (χ0n) is 14.8. The first-order chi connectivity index (χ1) is 12.5. The summed E-state index contributed by atoms with van der Waals surface area (Å²) in [7, 11) is 0. The van der Waals surface area contributed by atoms with Crippen LogP contribution in [0.25, 0.3) is 11.3 Å². The highest BCUT2D eigenvalue weighted by Crippen LogP contribution is 2.31. The van der Waals surface area contributed by atoms with Crippen molar-refractivity contribution in [1.29, 1.82) is 0 Å². The van der Waals surface area contributed by atoms with Crippen LogP contribution < -0.4 is 22.1 Å². The minimum Gasteiger partial charge on any atom is -0.398 e. The van der Waals surface area contributed by atoms with Gasteiger partial charge in [-0.3, -0.25) is 0 Å². The van der Waals surface area contributed by atoms with Crippen molar-refractivity contribution < 1.29 is 4.39 Å². The van der Waals surface area contributed by atoms with Crippen LogP contribution in [-0.2, 0) is 6.54 Å². The summed E-state index contributed by atoms with van der Waals surface area (Å²) < 4.78 is 13.7. The molecule has 0 spiro atoms. The first-order valence-corrected chi connectivity index (χ1v) is 8.45. The molecule has 0 aliphatic carbocycles. The van der Waals surface area contributed by atoms with Crippen molar-refractivity contribution in [2.45, 2.75) is 13.5 Å². The number of halogens is 1. The average Bonchev–Trinajstić information content (AvgIpc) is 2.65. The Morgan fingerprint density at radius 1 is 1.23 bits per heavy atom. The highest BCUT2D eigenvalue weighted by molar-refractivity contribution is 5.96. The van der Waals surface area contributed by atoms with Gasteiger partial charge in [-0.15, -0.1) is 0 Å². The maximum atomic E-state index is 13.7. The minimum atomic E-state index is -0.214. The van der Waals surface area contributed by atoms with Gasteiger partial charge in [0.2, 0.25) is 0 Å². The Kier molecular flexibility index (Phi) is 5.09. The Balaban J connectivity index is 2.18. The molecule has 2 aromatic rings. The van der Waals surface area contributed by atoms with Crippen molar-refractivity contribution in [3.63, 3.8) is 0 Å². The third kappa shape index (κ3) is 3.48. The van der Waals surface area contributed by atoms with Crippen LogP contribution in [-0.4, -0.2) is 6.54 Å². The number of nitrogens with one attached hydrogen (secondary N) is 2. The average molecular weight is 350 g/mol. The summed E-state index contributed by atoms with van der Waals surface area (Å²) in [5.74, 6) is -0.214. The van der Waals surface area contributed by atoms with E-state index in [0.29, 0.717) is 24.3 Å². The maximum Gasteiger partial charge on any atom is 0.126 e. The van der Waals surface area contributed by atoms with Gasteiger partial charge in [-0.05, 0) is 71.8 Å². The summed E-state index contributed by atoms with van der Waals surface area (Å²) in [6.45, 7) is 6.47. The lowest BCUT2D eigenvalue weighted by Gasteiger charge is -2.24. The van der Waals surface area contributed by atoms with E-state index in [1.54, 1.807) is 19.2 Å². The van der Waals surface area contributed by atoms with Crippen molar-refractivity contribution in [3.05, 3.63) is 89.0 Å². The van der Waals surface area contributed by atoms with Crippen LogP contribution in [0.15, 0.2) is 61.0 Å². The molecule has 3 rings (SSSR count). The number of dihydropyridines is 1. The molecule has 0 atom stereocenters. The van der Waals surface area contributed by atoms with Gasteiger partial charge in [0.25, 0.3) is 0 Å². The van der Waals surface area contributed by atoms with E-state index in [9.17, 15) is 4.39 Å². The van der Waals surface area contributed by atoms with E-state index in [1.165, 1.54) is 6.07 Å². The molecular weight excluding hydrogens is 327 g/mol. The van der Waals surface area contributed by atoms with Gasteiger partial charge in [-0.25, -0.2) is 4.39 Å². The van der Waals surface area contributed by atoms with Gasteiger partial charge >= 0.3 is 0 Å². The summed E-state index contributed by atoms with van der Waals surface area (Å²) in [6.07, 6.45) is 3.71. The topological polar surface area (TPSA) is 76.1 Å². The molecule has 0 saturated carbocycles. The van der Waals surface area contributed by atoms with Gasteiger partial charge < -0.3 is 22.1 Å². The second-order valence-corrected chi connectivity index (χ2v) is 6.24. The highest BCUT2D eigenvalue weighted by atomic mass is 19.1. The maximum absolute atomic E-state index is 13.7. The Morgan fingerprint density at radius 3 is 2.69 bits per heavy atom. The van der Waals surface area contributed by atoms with Crippen molar-refractivity contribution in [2.24, 2.45) is 5.73 Å². The van der Waals surface area contributed by atoms with E-state index in [-0.39, 0.29) is 5.82 Å². The van der Waals surface area contributed by atoms with Crippen LogP contribution in [0, 0.1) is 12.7 Å². The van der Waals surface area contributed by atoms with E-state index in [4.69, 9.17) is 11.5 Å². The number of nitrogens with two attached hydrogens (primary N) is 2. The number of benzene rings is 2. The van der Waals surface area contributed by atoms with Gasteiger partial charge in [0.1, 0.15) is 5.82 Å². The van der Waals surface area contributed by atoms with E-state index >= 15 is 0 Å². The summed E-state index contributed by atoms with van der Waals surface area (Å²) >= 11 is 0. The number of hydrogen-bond donors (Lipinski definition) is 4. The van der Waals surface area contributed by atoms with Gasteiger partial charge in [0.05, 0.1) is 6.54 Å². The molecule has 0 saturated heterocycles. The number of anilines is 1. The molecule has 1 aliphatic rings. The molecule has 134 valence electrons. The molecule has 0 aromatic heterocycles. The third-order valence-electron chi connectivity index (χ3n) is 4.45. The normalized spacial score (nSPS) is 13.9. The second-order valence-electron chi connectivity index (χ2n) is 6.24. The molecule has 26 heavy (non-hydrogen) atoms. The van der Waals surface area contributed by atoms with Crippen molar-refractivity contribution in [3.8, 4) is 0 Å². The van der Waals surface area contributed by atoms with E-state index in [2.05, 4.69) is 23.3 Å². The highest BCUT2D eigenvalue weighted by Gasteiger charge is 2.17. The van der Waals surface area contributed by atoms with Crippen molar-refractivity contribution in [1.82, 2.24) is 10.6 Å². The molecule has 2 aromatic carbocycles. The third-order valence-corrected chi connectivity index (χ3v) is 4.45. The van der Waals surface area contributed by atoms with Crippen molar-refractivity contribution in [2.75, 3.05) is 12.3 Å². The predicted octanol–water partition coefficient (Wildman–Crippen LogP) is 3.26. The first kappa shape index (κ1) is 17.8. The summed E-state index contributed by atoms with van der Waals surface area (Å²) in [5.41, 5.74) is 18.8. The lowest BCUT2D eigenvalue weighted by Crippen LogP contribution is -2.26. The smallest absolute Gasteiger partial charge is 0.126 e. The number of aryl methyl sites for hydroxylation is 1. The van der Waals surface area contributed by atoms with Gasteiger partial charge in [0, 0.05) is 29.2 Å². The van der Waals surface area contributed by atoms with Crippen LogP contribution in [0.5, 0.6) is 0 Å². The summed E-state index contributed by atoms with van der Waals surface area (Å²) in [5, 5.41) is 6.57. The molecule has 6 N–H and O–H groups in total. The fourth-order valence-corrected chi connectivity index (χ4v) is 3.04. The molecule has 1 aliphatic heterocycles. The van der Waals surface area contributed by atoms with Crippen LogP contribution in [0.4, 0.5) is 10.1 Å². The number of rotatable bonds is 5. The Morgan fingerprint density at radius 2 is 2.00 bits per heavy atom. The second kappa shape index (κ2) is 7.45. The fraction of sp³-hybridized carbons (Fsp3) is 0.143. The Bertz CT molecular complexity index is 912. The van der Waals surface area contributed by atoms with Crippen molar-refractivity contribution >= 4 is 17.0 Å². The molecule has 1 heterocycles. The quantitative estimate of drug-likeness (QED) is 0.624. The van der Waals surface area contributed by atoms with Gasteiger partial charge in [-0.2, -0.15) is 0 Å². The molecule has 5 heteroatoms. The molecule has 0 bridgehead atoms. The summed E-state index contributed by atoms with van der Waals surface area (Å²) in [4.78, 5) is 0. The van der Waals surface area contributed by atoms with Crippen LogP contribution in [0.3, 0.4) is 0 Å². The zero-order valence-corrected chi connectivity index (χ0v) is 14.8.